The summed E-state index contributed by atoms with van der Waals surface area (Å²) in [5.74, 6) is 0.529. The molecule has 0 aliphatic heterocycles. The molecule has 6 heteroatoms. The van der Waals surface area contributed by atoms with E-state index in [0.29, 0.717) is 11.6 Å². The summed E-state index contributed by atoms with van der Waals surface area (Å²) in [6, 6.07) is 9.07. The van der Waals surface area contributed by atoms with Crippen LogP contribution in [0.25, 0.3) is 11.3 Å². The quantitative estimate of drug-likeness (QED) is 0.726. The van der Waals surface area contributed by atoms with E-state index in [1.54, 1.807) is 29.5 Å². The maximum atomic E-state index is 10.6. The van der Waals surface area contributed by atoms with Crippen LogP contribution in [0.15, 0.2) is 47.1 Å². The molecule has 5 nitrogen and oxygen atoms in total. The molecule has 1 aliphatic carbocycles. The smallest absolute Gasteiger partial charge is 0.227 e. The standard InChI is InChI=1S/C16H12N4OS/c21-20-12-3-1-2-11(8-12)18-16-17-9-10-4-5-14-13(6-7-22-14)15(10)19-16/h1-3,6-9H,4-5H2,(H,17,18,19). The van der Waals surface area contributed by atoms with Crippen LogP contribution in [0.2, 0.25) is 0 Å². The highest BCUT2D eigenvalue weighted by atomic mass is 32.1. The van der Waals surface area contributed by atoms with Crippen LogP contribution < -0.4 is 5.32 Å². The van der Waals surface area contributed by atoms with Gasteiger partial charge in [-0.25, -0.2) is 9.97 Å². The number of benzene rings is 1. The first-order valence-corrected chi connectivity index (χ1v) is 7.84. The Labute approximate surface area is 131 Å². The minimum atomic E-state index is 0.378. The maximum absolute atomic E-state index is 10.6. The molecule has 2 aromatic heterocycles. The first-order chi connectivity index (χ1) is 10.8. The summed E-state index contributed by atoms with van der Waals surface area (Å²) < 4.78 is 0. The van der Waals surface area contributed by atoms with E-state index in [2.05, 4.69) is 31.9 Å². The van der Waals surface area contributed by atoms with E-state index in [1.165, 1.54) is 16.0 Å². The Kier molecular flexibility index (Phi) is 3.16. The largest absolute Gasteiger partial charge is 0.324 e. The number of nitroso groups, excluding NO2 is 1. The van der Waals surface area contributed by atoms with Gasteiger partial charge in [-0.3, -0.25) is 0 Å². The molecule has 4 rings (SSSR count). The van der Waals surface area contributed by atoms with Crippen LogP contribution >= 0.6 is 11.3 Å². The van der Waals surface area contributed by atoms with Gasteiger partial charge in [0.25, 0.3) is 0 Å². The fourth-order valence-electron chi connectivity index (χ4n) is 2.65. The third kappa shape index (κ3) is 2.27. The second kappa shape index (κ2) is 5.31. The predicted molar refractivity (Wildman–Crippen MR) is 87.9 cm³/mol. The van der Waals surface area contributed by atoms with Crippen LogP contribution in [0.5, 0.6) is 0 Å². The van der Waals surface area contributed by atoms with Crippen molar-refractivity contribution < 1.29 is 0 Å². The van der Waals surface area contributed by atoms with Crippen LogP contribution in [-0.2, 0) is 12.8 Å². The van der Waals surface area contributed by atoms with E-state index < -0.39 is 0 Å². The van der Waals surface area contributed by atoms with E-state index in [9.17, 15) is 4.91 Å². The third-order valence-electron chi connectivity index (χ3n) is 3.69. The van der Waals surface area contributed by atoms with E-state index in [4.69, 9.17) is 0 Å². The van der Waals surface area contributed by atoms with Crippen molar-refractivity contribution in [3.05, 3.63) is 57.3 Å². The van der Waals surface area contributed by atoms with Crippen molar-refractivity contribution in [3.63, 3.8) is 0 Å². The second-order valence-corrected chi connectivity index (χ2v) is 6.09. The Balaban J connectivity index is 1.70. The first-order valence-electron chi connectivity index (χ1n) is 6.96. The highest BCUT2D eigenvalue weighted by Crippen LogP contribution is 2.35. The zero-order chi connectivity index (χ0) is 14.9. The molecule has 0 fully saturated rings. The second-order valence-electron chi connectivity index (χ2n) is 5.09. The Morgan fingerprint density at radius 3 is 3.09 bits per heavy atom. The molecule has 1 N–H and O–H groups in total. The fourth-order valence-corrected chi connectivity index (χ4v) is 3.53. The SMILES string of the molecule is O=Nc1cccc(Nc2ncc3c(n2)-c2ccsc2CC3)c1. The van der Waals surface area contributed by atoms with Gasteiger partial charge in [-0.05, 0) is 53.2 Å². The van der Waals surface area contributed by atoms with Gasteiger partial charge in [-0.2, -0.15) is 0 Å². The molecule has 0 radical (unpaired) electrons. The minimum absolute atomic E-state index is 0.378. The lowest BCUT2D eigenvalue weighted by Gasteiger charge is -2.16. The molecule has 0 bridgehead atoms. The van der Waals surface area contributed by atoms with Crippen molar-refractivity contribution in [1.29, 1.82) is 0 Å². The maximum Gasteiger partial charge on any atom is 0.227 e. The van der Waals surface area contributed by atoms with Gasteiger partial charge in [0.05, 0.1) is 5.69 Å². The number of anilines is 2. The van der Waals surface area contributed by atoms with Crippen molar-refractivity contribution in [3.8, 4) is 11.3 Å². The molecule has 3 aromatic rings. The lowest BCUT2D eigenvalue weighted by atomic mass is 9.96. The molecule has 0 amide bonds. The van der Waals surface area contributed by atoms with Gasteiger partial charge in [0.2, 0.25) is 5.95 Å². The number of aromatic nitrogens is 2. The minimum Gasteiger partial charge on any atom is -0.324 e. The van der Waals surface area contributed by atoms with E-state index in [0.717, 1.165) is 24.2 Å². The molecule has 2 heterocycles. The lowest BCUT2D eigenvalue weighted by molar-refractivity contribution is 0.930. The number of aryl methyl sites for hydroxylation is 2. The molecular weight excluding hydrogens is 296 g/mol. The van der Waals surface area contributed by atoms with Gasteiger partial charge >= 0.3 is 0 Å². The molecule has 1 aromatic carbocycles. The van der Waals surface area contributed by atoms with Gasteiger partial charge in [-0.15, -0.1) is 16.2 Å². The van der Waals surface area contributed by atoms with Crippen molar-refractivity contribution in [2.75, 3.05) is 5.32 Å². The van der Waals surface area contributed by atoms with E-state index in [1.807, 2.05) is 12.3 Å². The number of nitrogens with one attached hydrogen (secondary N) is 1. The molecule has 0 saturated heterocycles. The van der Waals surface area contributed by atoms with Crippen LogP contribution in [0.1, 0.15) is 10.4 Å². The molecule has 108 valence electrons. The number of nitrogens with zero attached hydrogens (tertiary/aromatic N) is 3. The van der Waals surface area contributed by atoms with Gasteiger partial charge in [-0.1, -0.05) is 6.07 Å². The summed E-state index contributed by atoms with van der Waals surface area (Å²) in [4.78, 5) is 21.0. The summed E-state index contributed by atoms with van der Waals surface area (Å²) in [5.41, 5.74) is 4.52. The van der Waals surface area contributed by atoms with Crippen molar-refractivity contribution in [2.45, 2.75) is 12.8 Å². The van der Waals surface area contributed by atoms with Crippen LogP contribution in [0, 0.1) is 4.91 Å². The Bertz CT molecular complexity index is 859. The van der Waals surface area contributed by atoms with Crippen LogP contribution in [0.3, 0.4) is 0 Å². The van der Waals surface area contributed by atoms with E-state index in [-0.39, 0.29) is 0 Å². The fraction of sp³-hybridized carbons (Fsp3) is 0.125. The first kappa shape index (κ1) is 13.1. The molecule has 0 unspecified atom stereocenters. The highest BCUT2D eigenvalue weighted by Gasteiger charge is 2.19. The zero-order valence-electron chi connectivity index (χ0n) is 11.6. The number of rotatable bonds is 3. The normalized spacial score (nSPS) is 12.4. The Morgan fingerprint density at radius 1 is 1.23 bits per heavy atom. The third-order valence-corrected chi connectivity index (χ3v) is 4.67. The van der Waals surface area contributed by atoms with Crippen molar-refractivity contribution >= 4 is 28.7 Å². The molecule has 0 atom stereocenters. The summed E-state index contributed by atoms with van der Waals surface area (Å²) in [5, 5.41) is 8.18. The molecular formula is C16H12N4OS. The van der Waals surface area contributed by atoms with Crippen molar-refractivity contribution in [2.24, 2.45) is 5.18 Å². The monoisotopic (exact) mass is 308 g/mol. The van der Waals surface area contributed by atoms with Crippen molar-refractivity contribution in [1.82, 2.24) is 9.97 Å². The number of fused-ring (bicyclic) bond motifs is 3. The van der Waals surface area contributed by atoms with Gasteiger partial charge < -0.3 is 5.32 Å². The number of hydrogen-bond donors (Lipinski definition) is 1. The predicted octanol–water partition coefficient (Wildman–Crippen LogP) is 4.45. The van der Waals surface area contributed by atoms with Gasteiger partial charge in [0.1, 0.15) is 5.69 Å². The number of thiophene rings is 1. The highest BCUT2D eigenvalue weighted by molar-refractivity contribution is 7.10. The summed E-state index contributed by atoms with van der Waals surface area (Å²) >= 11 is 1.78. The average molecular weight is 308 g/mol. The zero-order valence-corrected chi connectivity index (χ0v) is 12.4. The molecule has 1 aliphatic rings. The number of hydrogen-bond acceptors (Lipinski definition) is 6. The lowest BCUT2D eigenvalue weighted by Crippen LogP contribution is -2.06. The Morgan fingerprint density at radius 2 is 2.18 bits per heavy atom. The van der Waals surface area contributed by atoms with Crippen LogP contribution in [-0.4, -0.2) is 9.97 Å². The summed E-state index contributed by atoms with van der Waals surface area (Å²) in [6.45, 7) is 0. The molecule has 0 spiro atoms. The topological polar surface area (TPSA) is 67.2 Å². The molecule has 0 saturated carbocycles. The average Bonchev–Trinajstić information content (AvgIpc) is 3.04. The summed E-state index contributed by atoms with van der Waals surface area (Å²) in [6.07, 6.45) is 3.92. The van der Waals surface area contributed by atoms with Gasteiger partial charge in [0, 0.05) is 22.3 Å². The summed E-state index contributed by atoms with van der Waals surface area (Å²) in [7, 11) is 0. The van der Waals surface area contributed by atoms with Crippen LogP contribution in [0.4, 0.5) is 17.3 Å². The van der Waals surface area contributed by atoms with Gasteiger partial charge in [0.15, 0.2) is 0 Å². The van der Waals surface area contributed by atoms with E-state index >= 15 is 0 Å². The Hall–Kier alpha value is -2.60. The molecule has 22 heavy (non-hydrogen) atoms.